The monoisotopic (exact) mass is 312 g/mol. The minimum atomic E-state index is -1.62. The maximum atomic E-state index is 15.0. The van der Waals surface area contributed by atoms with Crippen LogP contribution in [-0.2, 0) is 12.1 Å². The summed E-state index contributed by atoms with van der Waals surface area (Å²) in [6.45, 7) is 7.44. The van der Waals surface area contributed by atoms with Gasteiger partial charge in [0, 0.05) is 38.9 Å². The molecule has 1 aromatic rings. The van der Waals surface area contributed by atoms with E-state index >= 15 is 0 Å². The molecule has 1 fully saturated rings. The third kappa shape index (κ3) is 3.96. The highest BCUT2D eigenvalue weighted by Gasteiger charge is 2.42. The molecule has 1 aliphatic rings. The van der Waals surface area contributed by atoms with Crippen molar-refractivity contribution in [2.45, 2.75) is 52.1 Å². The first-order chi connectivity index (χ1) is 10.4. The van der Waals surface area contributed by atoms with Gasteiger partial charge in [-0.1, -0.05) is 25.9 Å². The fourth-order valence-electron chi connectivity index (χ4n) is 2.51. The van der Waals surface area contributed by atoms with Gasteiger partial charge >= 0.3 is 6.03 Å². The van der Waals surface area contributed by atoms with Crippen molar-refractivity contribution >= 4 is 6.03 Å². The first kappa shape index (κ1) is 16.7. The van der Waals surface area contributed by atoms with Crippen LogP contribution < -0.4 is 5.32 Å². The van der Waals surface area contributed by atoms with Crippen LogP contribution in [0.25, 0.3) is 0 Å². The van der Waals surface area contributed by atoms with Crippen LogP contribution in [0.2, 0.25) is 0 Å². The lowest BCUT2D eigenvalue weighted by Gasteiger charge is -2.34. The van der Waals surface area contributed by atoms with E-state index in [2.05, 4.69) is 29.3 Å². The third-order valence-corrected chi connectivity index (χ3v) is 3.81. The zero-order valence-corrected chi connectivity index (χ0v) is 13.6. The third-order valence-electron chi connectivity index (χ3n) is 3.81. The van der Waals surface area contributed by atoms with E-state index in [-0.39, 0.29) is 24.8 Å². The minimum Gasteiger partial charge on any atom is -0.338 e. The SMILES string of the molecule is CCCNC(=O)N1CCC(F)(c2nc(CC(C)C)no2)CC1. The number of likely N-dealkylation sites (tertiary alicyclic amines) is 1. The van der Waals surface area contributed by atoms with Crippen molar-refractivity contribution in [2.24, 2.45) is 5.92 Å². The van der Waals surface area contributed by atoms with Crippen LogP contribution in [0.4, 0.5) is 9.18 Å². The molecule has 0 spiro atoms. The van der Waals surface area contributed by atoms with E-state index in [9.17, 15) is 9.18 Å². The van der Waals surface area contributed by atoms with Crippen molar-refractivity contribution in [1.82, 2.24) is 20.4 Å². The number of urea groups is 1. The molecule has 1 aromatic heterocycles. The van der Waals surface area contributed by atoms with Gasteiger partial charge in [-0.25, -0.2) is 9.18 Å². The Balaban J connectivity index is 1.93. The number of nitrogens with zero attached hydrogens (tertiary/aromatic N) is 3. The lowest BCUT2D eigenvalue weighted by Crippen LogP contribution is -2.47. The lowest BCUT2D eigenvalue weighted by molar-refractivity contribution is 0.0391. The van der Waals surface area contributed by atoms with Crippen molar-refractivity contribution in [3.05, 3.63) is 11.7 Å². The quantitative estimate of drug-likeness (QED) is 0.907. The first-order valence-electron chi connectivity index (χ1n) is 7.99. The normalized spacial score (nSPS) is 17.8. The van der Waals surface area contributed by atoms with Crippen molar-refractivity contribution in [3.8, 4) is 0 Å². The van der Waals surface area contributed by atoms with E-state index in [4.69, 9.17) is 4.52 Å². The Kier molecular flexibility index (Phi) is 5.37. The lowest BCUT2D eigenvalue weighted by atomic mass is 9.93. The number of hydrogen-bond donors (Lipinski definition) is 1. The van der Waals surface area contributed by atoms with E-state index in [0.717, 1.165) is 6.42 Å². The van der Waals surface area contributed by atoms with Gasteiger partial charge in [0.1, 0.15) is 0 Å². The Morgan fingerprint density at radius 1 is 1.45 bits per heavy atom. The van der Waals surface area contributed by atoms with Crippen molar-refractivity contribution in [3.63, 3.8) is 0 Å². The molecule has 0 unspecified atom stereocenters. The number of hydrogen-bond acceptors (Lipinski definition) is 4. The highest BCUT2D eigenvalue weighted by Crippen LogP contribution is 2.36. The number of nitrogens with one attached hydrogen (secondary N) is 1. The Bertz CT molecular complexity index is 495. The zero-order valence-electron chi connectivity index (χ0n) is 13.6. The van der Waals surface area contributed by atoms with Crippen LogP contribution in [-0.4, -0.2) is 40.7 Å². The molecule has 1 N–H and O–H groups in total. The summed E-state index contributed by atoms with van der Waals surface area (Å²) in [6.07, 6.45) is 1.93. The fraction of sp³-hybridized carbons (Fsp3) is 0.800. The van der Waals surface area contributed by atoms with E-state index < -0.39 is 5.67 Å². The molecule has 0 saturated carbocycles. The van der Waals surface area contributed by atoms with Crippen LogP contribution in [0.3, 0.4) is 0 Å². The van der Waals surface area contributed by atoms with Crippen LogP contribution >= 0.6 is 0 Å². The molecule has 2 amide bonds. The second-order valence-electron chi connectivity index (χ2n) is 6.30. The van der Waals surface area contributed by atoms with Crippen LogP contribution in [0.1, 0.15) is 51.7 Å². The minimum absolute atomic E-state index is 0.0526. The molecule has 0 radical (unpaired) electrons. The van der Waals surface area contributed by atoms with Crippen LogP contribution in [0.5, 0.6) is 0 Å². The maximum Gasteiger partial charge on any atom is 0.317 e. The number of piperidine rings is 1. The maximum absolute atomic E-state index is 15.0. The Morgan fingerprint density at radius 2 is 2.14 bits per heavy atom. The van der Waals surface area contributed by atoms with E-state index in [1.165, 1.54) is 0 Å². The Morgan fingerprint density at radius 3 is 2.73 bits per heavy atom. The second kappa shape index (κ2) is 7.07. The van der Waals surface area contributed by atoms with Gasteiger partial charge in [-0.05, 0) is 12.3 Å². The molecular weight excluding hydrogens is 287 g/mol. The summed E-state index contributed by atoms with van der Waals surface area (Å²) in [7, 11) is 0. The van der Waals surface area contributed by atoms with Gasteiger partial charge in [0.2, 0.25) is 0 Å². The molecule has 1 saturated heterocycles. The van der Waals surface area contributed by atoms with Gasteiger partial charge in [-0.2, -0.15) is 4.98 Å². The number of halogens is 1. The van der Waals surface area contributed by atoms with Gasteiger partial charge in [0.05, 0.1) is 0 Å². The smallest absolute Gasteiger partial charge is 0.317 e. The van der Waals surface area contributed by atoms with E-state index in [1.54, 1.807) is 4.90 Å². The summed E-state index contributed by atoms with van der Waals surface area (Å²) in [6, 6.07) is -0.130. The summed E-state index contributed by atoms with van der Waals surface area (Å²) in [5.41, 5.74) is -1.62. The molecule has 1 aliphatic heterocycles. The second-order valence-corrected chi connectivity index (χ2v) is 6.30. The number of aromatic nitrogens is 2. The van der Waals surface area contributed by atoms with Gasteiger partial charge in [-0.15, -0.1) is 0 Å². The molecule has 0 atom stereocenters. The molecule has 2 heterocycles. The molecule has 124 valence electrons. The summed E-state index contributed by atoms with van der Waals surface area (Å²) in [5.74, 6) is 0.993. The molecule has 0 bridgehead atoms. The average molecular weight is 312 g/mol. The van der Waals surface area contributed by atoms with Gasteiger partial charge < -0.3 is 14.7 Å². The van der Waals surface area contributed by atoms with E-state index in [1.807, 2.05) is 6.92 Å². The van der Waals surface area contributed by atoms with Gasteiger partial charge in [0.25, 0.3) is 5.89 Å². The van der Waals surface area contributed by atoms with Crippen molar-refractivity contribution < 1.29 is 13.7 Å². The zero-order chi connectivity index (χ0) is 16.2. The largest absolute Gasteiger partial charge is 0.338 e. The number of carbonyl (C=O) groups is 1. The Labute approximate surface area is 130 Å². The summed E-state index contributed by atoms with van der Waals surface area (Å²) in [5, 5.41) is 6.66. The number of alkyl halides is 1. The molecule has 7 heteroatoms. The number of rotatable bonds is 5. The number of carbonyl (C=O) groups excluding carboxylic acids is 1. The predicted molar refractivity (Wildman–Crippen MR) is 80.1 cm³/mol. The first-order valence-corrected chi connectivity index (χ1v) is 7.99. The number of amides is 2. The summed E-state index contributed by atoms with van der Waals surface area (Å²) in [4.78, 5) is 17.7. The van der Waals surface area contributed by atoms with Gasteiger partial charge in [-0.3, -0.25) is 0 Å². The fourth-order valence-corrected chi connectivity index (χ4v) is 2.51. The highest BCUT2D eigenvalue weighted by molar-refractivity contribution is 5.74. The average Bonchev–Trinajstić information content (AvgIpc) is 2.94. The molecule has 0 aliphatic carbocycles. The van der Waals surface area contributed by atoms with Gasteiger partial charge in [0.15, 0.2) is 11.5 Å². The molecule has 22 heavy (non-hydrogen) atoms. The molecular formula is C15H25FN4O2. The molecule has 6 nitrogen and oxygen atoms in total. The Hall–Kier alpha value is -1.66. The molecule has 0 aromatic carbocycles. The standard InChI is InChI=1S/C15H25FN4O2/c1-4-7-17-14(21)20-8-5-15(16,6-9-20)13-18-12(19-22-13)10-11(2)3/h11H,4-10H2,1-3H3,(H,17,21). The highest BCUT2D eigenvalue weighted by atomic mass is 19.1. The predicted octanol–water partition coefficient (Wildman–Crippen LogP) is 2.65. The topological polar surface area (TPSA) is 71.3 Å². The summed E-state index contributed by atoms with van der Waals surface area (Å²) >= 11 is 0. The summed E-state index contributed by atoms with van der Waals surface area (Å²) < 4.78 is 20.1. The van der Waals surface area contributed by atoms with E-state index in [0.29, 0.717) is 37.8 Å². The van der Waals surface area contributed by atoms with Crippen LogP contribution in [0, 0.1) is 5.92 Å². The molecule has 2 rings (SSSR count). The van der Waals surface area contributed by atoms with Crippen LogP contribution in [0.15, 0.2) is 4.52 Å². The van der Waals surface area contributed by atoms with Crippen molar-refractivity contribution in [1.29, 1.82) is 0 Å². The van der Waals surface area contributed by atoms with Crippen molar-refractivity contribution in [2.75, 3.05) is 19.6 Å².